The number of nitrogens with zero attached hydrogens (tertiary/aromatic N) is 2. The van der Waals surface area contributed by atoms with Crippen LogP contribution in [0.25, 0.3) is 21.8 Å². The Hall–Kier alpha value is -2.40. The molecular formula is C21H26N4O. The van der Waals surface area contributed by atoms with Crippen LogP contribution < -0.4 is 5.32 Å². The highest BCUT2D eigenvalue weighted by atomic mass is 16.1. The standard InChI is InChI=1S/C21H26N4O/c1-15-5-3-11-25(14-15)12-4-10-23-21(26)18-13-17-8-7-16-6-2-9-22-19(16)20(17)24-18/h2,6-9,13,15,24H,3-5,10-12,14H2,1H3,(H,23,26). The van der Waals surface area contributed by atoms with Crippen molar-refractivity contribution in [2.45, 2.75) is 26.2 Å². The van der Waals surface area contributed by atoms with Crippen molar-refractivity contribution in [3.63, 3.8) is 0 Å². The molecule has 5 nitrogen and oxygen atoms in total. The normalized spacial score (nSPS) is 18.4. The summed E-state index contributed by atoms with van der Waals surface area (Å²) in [6, 6.07) is 9.94. The van der Waals surface area contributed by atoms with Crippen LogP contribution in [0, 0.1) is 5.92 Å². The summed E-state index contributed by atoms with van der Waals surface area (Å²) < 4.78 is 0. The minimum Gasteiger partial charge on any atom is -0.351 e. The molecule has 0 spiro atoms. The molecule has 0 bridgehead atoms. The fourth-order valence-corrected chi connectivity index (χ4v) is 3.95. The second-order valence-electron chi connectivity index (χ2n) is 7.45. The third-order valence-corrected chi connectivity index (χ3v) is 5.29. The first-order chi connectivity index (χ1) is 12.7. The van der Waals surface area contributed by atoms with Gasteiger partial charge in [-0.05, 0) is 50.4 Å². The lowest BCUT2D eigenvalue weighted by molar-refractivity contribution is 0.0946. The van der Waals surface area contributed by atoms with Crippen LogP contribution >= 0.6 is 0 Å². The van der Waals surface area contributed by atoms with Crippen LogP contribution in [-0.4, -0.2) is 47.0 Å². The van der Waals surface area contributed by atoms with Crippen LogP contribution in [-0.2, 0) is 0 Å². The topological polar surface area (TPSA) is 61.0 Å². The minimum absolute atomic E-state index is 0.0442. The molecule has 4 rings (SSSR count). The third-order valence-electron chi connectivity index (χ3n) is 5.29. The van der Waals surface area contributed by atoms with Crippen molar-refractivity contribution in [1.29, 1.82) is 0 Å². The molecule has 0 aliphatic carbocycles. The predicted molar refractivity (Wildman–Crippen MR) is 105 cm³/mol. The average Bonchev–Trinajstić information content (AvgIpc) is 3.10. The smallest absolute Gasteiger partial charge is 0.267 e. The van der Waals surface area contributed by atoms with Gasteiger partial charge >= 0.3 is 0 Å². The van der Waals surface area contributed by atoms with Gasteiger partial charge in [0.25, 0.3) is 5.91 Å². The van der Waals surface area contributed by atoms with Crippen LogP contribution in [0.5, 0.6) is 0 Å². The first kappa shape index (κ1) is 17.0. The Morgan fingerprint density at radius 2 is 2.23 bits per heavy atom. The zero-order valence-corrected chi connectivity index (χ0v) is 15.3. The zero-order chi connectivity index (χ0) is 17.9. The van der Waals surface area contributed by atoms with Crippen molar-refractivity contribution in [3.05, 3.63) is 42.2 Å². The maximum Gasteiger partial charge on any atom is 0.267 e. The lowest BCUT2D eigenvalue weighted by Crippen LogP contribution is -2.36. The minimum atomic E-state index is -0.0442. The number of aromatic nitrogens is 2. The molecule has 0 radical (unpaired) electrons. The van der Waals surface area contributed by atoms with E-state index in [2.05, 4.69) is 27.1 Å². The number of likely N-dealkylation sites (tertiary alicyclic amines) is 1. The van der Waals surface area contributed by atoms with E-state index in [0.717, 1.165) is 40.7 Å². The van der Waals surface area contributed by atoms with Gasteiger partial charge in [0.2, 0.25) is 0 Å². The fourth-order valence-electron chi connectivity index (χ4n) is 3.95. The number of benzene rings is 1. The van der Waals surface area contributed by atoms with Crippen LogP contribution in [0.4, 0.5) is 0 Å². The van der Waals surface area contributed by atoms with E-state index in [9.17, 15) is 4.79 Å². The summed E-state index contributed by atoms with van der Waals surface area (Å²) in [6.07, 6.45) is 5.41. The van der Waals surface area contributed by atoms with Gasteiger partial charge in [0.05, 0.1) is 11.0 Å². The molecular weight excluding hydrogens is 324 g/mol. The Morgan fingerprint density at radius 3 is 3.12 bits per heavy atom. The number of carbonyl (C=O) groups excluding carboxylic acids is 1. The number of aromatic amines is 1. The van der Waals surface area contributed by atoms with E-state index in [1.807, 2.05) is 30.3 Å². The van der Waals surface area contributed by atoms with Crippen molar-refractivity contribution >= 4 is 27.7 Å². The molecule has 1 atom stereocenters. The number of hydrogen-bond acceptors (Lipinski definition) is 3. The number of fused-ring (bicyclic) bond motifs is 3. The van der Waals surface area contributed by atoms with E-state index in [-0.39, 0.29) is 5.91 Å². The molecule has 1 aliphatic rings. The molecule has 3 aromatic rings. The van der Waals surface area contributed by atoms with E-state index in [0.29, 0.717) is 12.2 Å². The van der Waals surface area contributed by atoms with E-state index in [1.54, 1.807) is 6.20 Å². The number of hydrogen-bond donors (Lipinski definition) is 2. The molecule has 1 amide bonds. The number of carbonyl (C=O) groups is 1. The number of nitrogens with one attached hydrogen (secondary N) is 2. The molecule has 1 aromatic carbocycles. The van der Waals surface area contributed by atoms with E-state index < -0.39 is 0 Å². The van der Waals surface area contributed by atoms with E-state index in [1.165, 1.54) is 25.9 Å². The Kier molecular flexibility index (Phi) is 4.89. The molecule has 136 valence electrons. The quantitative estimate of drug-likeness (QED) is 0.692. The molecule has 5 heteroatoms. The van der Waals surface area contributed by atoms with Gasteiger partial charge in [0, 0.05) is 30.1 Å². The molecule has 0 saturated carbocycles. The molecule has 26 heavy (non-hydrogen) atoms. The molecule has 3 heterocycles. The van der Waals surface area contributed by atoms with E-state index >= 15 is 0 Å². The second-order valence-corrected chi connectivity index (χ2v) is 7.45. The van der Waals surface area contributed by atoms with Crippen LogP contribution in [0.3, 0.4) is 0 Å². The number of pyridine rings is 1. The lowest BCUT2D eigenvalue weighted by Gasteiger charge is -2.30. The molecule has 1 unspecified atom stereocenters. The SMILES string of the molecule is CC1CCCN(CCCNC(=O)c2cc3ccc4cccnc4c3[nH]2)C1. The molecule has 1 fully saturated rings. The Morgan fingerprint density at radius 1 is 1.35 bits per heavy atom. The number of amides is 1. The summed E-state index contributed by atoms with van der Waals surface area (Å²) in [6.45, 7) is 6.47. The second kappa shape index (κ2) is 7.46. The highest BCUT2D eigenvalue weighted by Crippen LogP contribution is 2.23. The highest BCUT2D eigenvalue weighted by Gasteiger charge is 2.16. The molecule has 1 saturated heterocycles. The van der Waals surface area contributed by atoms with Gasteiger partial charge in [-0.3, -0.25) is 9.78 Å². The summed E-state index contributed by atoms with van der Waals surface area (Å²) in [4.78, 5) is 22.7. The van der Waals surface area contributed by atoms with Gasteiger partial charge in [-0.2, -0.15) is 0 Å². The number of rotatable bonds is 5. The molecule has 2 aromatic heterocycles. The van der Waals surface area contributed by atoms with Crippen LogP contribution in [0.1, 0.15) is 36.7 Å². The van der Waals surface area contributed by atoms with Crippen LogP contribution in [0.15, 0.2) is 36.5 Å². The summed E-state index contributed by atoms with van der Waals surface area (Å²) in [5.74, 6) is 0.755. The van der Waals surface area contributed by atoms with Gasteiger partial charge < -0.3 is 15.2 Å². The lowest BCUT2D eigenvalue weighted by atomic mass is 10.0. The monoisotopic (exact) mass is 350 g/mol. The highest BCUT2D eigenvalue weighted by molar-refractivity contribution is 6.07. The largest absolute Gasteiger partial charge is 0.351 e. The zero-order valence-electron chi connectivity index (χ0n) is 15.3. The van der Waals surface area contributed by atoms with E-state index in [4.69, 9.17) is 0 Å². The predicted octanol–water partition coefficient (Wildman–Crippen LogP) is 3.57. The Balaban J connectivity index is 1.36. The summed E-state index contributed by atoms with van der Waals surface area (Å²) in [5, 5.41) is 5.13. The first-order valence-corrected chi connectivity index (χ1v) is 9.58. The molecule has 2 N–H and O–H groups in total. The maximum absolute atomic E-state index is 12.5. The third kappa shape index (κ3) is 3.58. The summed E-state index contributed by atoms with van der Waals surface area (Å²) in [7, 11) is 0. The van der Waals surface area contributed by atoms with Crippen molar-refractivity contribution in [3.8, 4) is 0 Å². The summed E-state index contributed by atoms with van der Waals surface area (Å²) >= 11 is 0. The van der Waals surface area contributed by atoms with Crippen molar-refractivity contribution < 1.29 is 4.79 Å². The van der Waals surface area contributed by atoms with Gasteiger partial charge in [0.15, 0.2) is 0 Å². The first-order valence-electron chi connectivity index (χ1n) is 9.58. The van der Waals surface area contributed by atoms with Gasteiger partial charge in [-0.15, -0.1) is 0 Å². The van der Waals surface area contributed by atoms with Crippen LogP contribution in [0.2, 0.25) is 0 Å². The van der Waals surface area contributed by atoms with Crippen molar-refractivity contribution in [2.24, 2.45) is 5.92 Å². The van der Waals surface area contributed by atoms with Gasteiger partial charge in [-0.25, -0.2) is 0 Å². The number of piperidine rings is 1. The average molecular weight is 350 g/mol. The maximum atomic E-state index is 12.5. The Labute approximate surface area is 153 Å². The number of H-pyrrole nitrogens is 1. The fraction of sp³-hybridized carbons (Fsp3) is 0.429. The summed E-state index contributed by atoms with van der Waals surface area (Å²) in [5.41, 5.74) is 2.43. The van der Waals surface area contributed by atoms with Gasteiger partial charge in [-0.1, -0.05) is 25.1 Å². The van der Waals surface area contributed by atoms with Gasteiger partial charge in [0.1, 0.15) is 5.69 Å². The molecule has 1 aliphatic heterocycles. The Bertz CT molecular complexity index is 917. The van der Waals surface area contributed by atoms with Crippen molar-refractivity contribution in [2.75, 3.05) is 26.2 Å². The van der Waals surface area contributed by atoms with Crippen molar-refractivity contribution in [1.82, 2.24) is 20.2 Å².